The molecule has 0 amide bonds. The Morgan fingerprint density at radius 2 is 2.33 bits per heavy atom. The molecule has 5 heteroatoms. The van der Waals surface area contributed by atoms with Crippen LogP contribution in [0.1, 0.15) is 21.1 Å². The third-order valence-corrected chi connectivity index (χ3v) is 3.52. The van der Waals surface area contributed by atoms with E-state index in [2.05, 4.69) is 4.98 Å². The van der Waals surface area contributed by atoms with Crippen LogP contribution in [0.2, 0.25) is 0 Å². The number of ketones is 1. The molecule has 0 saturated heterocycles. The number of hydrogen-bond donors (Lipinski definition) is 1. The quantitative estimate of drug-likeness (QED) is 0.828. The third-order valence-electron chi connectivity index (χ3n) is 1.93. The molecular weight excluding hydrogens is 228 g/mol. The summed E-state index contributed by atoms with van der Waals surface area (Å²) >= 11 is 3.01. The van der Waals surface area contributed by atoms with Crippen LogP contribution in [0.3, 0.4) is 0 Å². The molecule has 78 valence electrons. The first-order valence-electron chi connectivity index (χ1n) is 4.52. The lowest BCUT2D eigenvalue weighted by molar-refractivity contribution is 0.103. The van der Waals surface area contributed by atoms with Crippen LogP contribution in [-0.4, -0.2) is 17.3 Å². The van der Waals surface area contributed by atoms with Crippen LogP contribution in [0.15, 0.2) is 22.2 Å². The van der Waals surface area contributed by atoms with Crippen molar-refractivity contribution in [1.82, 2.24) is 4.98 Å². The molecule has 0 bridgehead atoms. The van der Waals surface area contributed by atoms with Gasteiger partial charge in [0, 0.05) is 22.7 Å². The maximum absolute atomic E-state index is 11.8. The molecule has 2 N–H and O–H groups in total. The van der Waals surface area contributed by atoms with Crippen LogP contribution in [0, 0.1) is 0 Å². The summed E-state index contributed by atoms with van der Waals surface area (Å²) < 4.78 is 0. The average Bonchev–Trinajstić information content (AvgIpc) is 2.87. The summed E-state index contributed by atoms with van der Waals surface area (Å²) in [6.45, 7) is 0.569. The van der Waals surface area contributed by atoms with Gasteiger partial charge in [-0.1, -0.05) is 0 Å². The van der Waals surface area contributed by atoms with Crippen molar-refractivity contribution in [3.05, 3.63) is 38.5 Å². The van der Waals surface area contributed by atoms with Crippen molar-refractivity contribution in [2.75, 3.05) is 6.54 Å². The van der Waals surface area contributed by atoms with E-state index in [4.69, 9.17) is 5.73 Å². The van der Waals surface area contributed by atoms with Crippen LogP contribution in [-0.2, 0) is 6.42 Å². The molecule has 15 heavy (non-hydrogen) atoms. The highest BCUT2D eigenvalue weighted by Gasteiger charge is 2.12. The Kier molecular flexibility index (Phi) is 3.25. The van der Waals surface area contributed by atoms with Gasteiger partial charge in [-0.2, -0.15) is 11.3 Å². The monoisotopic (exact) mass is 238 g/mol. The highest BCUT2D eigenvalue weighted by molar-refractivity contribution is 7.10. The zero-order valence-corrected chi connectivity index (χ0v) is 9.61. The van der Waals surface area contributed by atoms with Gasteiger partial charge >= 0.3 is 0 Å². The smallest absolute Gasteiger partial charge is 0.213 e. The number of thiazole rings is 1. The largest absolute Gasteiger partial charge is 0.330 e. The topological polar surface area (TPSA) is 56.0 Å². The summed E-state index contributed by atoms with van der Waals surface area (Å²) in [6, 6.07) is 1.81. The fourth-order valence-corrected chi connectivity index (χ4v) is 2.63. The van der Waals surface area contributed by atoms with E-state index < -0.39 is 0 Å². The van der Waals surface area contributed by atoms with Crippen molar-refractivity contribution in [2.24, 2.45) is 5.73 Å². The fraction of sp³-hybridized carbons (Fsp3) is 0.200. The van der Waals surface area contributed by atoms with E-state index in [0.29, 0.717) is 17.8 Å². The highest BCUT2D eigenvalue weighted by Crippen LogP contribution is 2.16. The molecule has 0 aliphatic rings. The molecule has 2 aromatic heterocycles. The number of carbonyl (C=O) groups excluding carboxylic acids is 1. The summed E-state index contributed by atoms with van der Waals surface area (Å²) in [7, 11) is 0. The van der Waals surface area contributed by atoms with Crippen LogP contribution in [0.5, 0.6) is 0 Å². The van der Waals surface area contributed by atoms with Crippen molar-refractivity contribution in [1.29, 1.82) is 0 Å². The summed E-state index contributed by atoms with van der Waals surface area (Å²) in [4.78, 5) is 16.1. The van der Waals surface area contributed by atoms with Crippen molar-refractivity contribution in [3.8, 4) is 0 Å². The van der Waals surface area contributed by atoms with Crippen molar-refractivity contribution >= 4 is 28.5 Å². The molecule has 0 fully saturated rings. The molecule has 2 rings (SSSR count). The lowest BCUT2D eigenvalue weighted by Crippen LogP contribution is -2.04. The maximum Gasteiger partial charge on any atom is 0.213 e. The van der Waals surface area contributed by atoms with Gasteiger partial charge in [0.05, 0.1) is 5.01 Å². The Labute approximate surface area is 95.6 Å². The van der Waals surface area contributed by atoms with E-state index in [1.807, 2.05) is 16.8 Å². The zero-order valence-electron chi connectivity index (χ0n) is 7.97. The molecule has 0 saturated carbocycles. The van der Waals surface area contributed by atoms with Gasteiger partial charge in [0.2, 0.25) is 5.78 Å². The molecule has 3 nitrogen and oxygen atoms in total. The van der Waals surface area contributed by atoms with E-state index in [1.54, 1.807) is 5.38 Å². The van der Waals surface area contributed by atoms with E-state index >= 15 is 0 Å². The SMILES string of the molecule is NCCc1nc(C(=O)c2ccsc2)cs1. The number of aromatic nitrogens is 1. The van der Waals surface area contributed by atoms with Crippen LogP contribution in [0.25, 0.3) is 0 Å². The Morgan fingerprint density at radius 1 is 1.47 bits per heavy atom. The fourth-order valence-electron chi connectivity index (χ4n) is 1.20. The Bertz CT molecular complexity index is 448. The minimum atomic E-state index is -0.00392. The molecule has 0 aliphatic heterocycles. The van der Waals surface area contributed by atoms with Gasteiger partial charge in [-0.05, 0) is 18.0 Å². The second-order valence-corrected chi connectivity index (χ2v) is 4.73. The van der Waals surface area contributed by atoms with Gasteiger partial charge < -0.3 is 5.73 Å². The molecule has 0 unspecified atom stereocenters. The van der Waals surface area contributed by atoms with Gasteiger partial charge in [-0.3, -0.25) is 4.79 Å². The second kappa shape index (κ2) is 4.65. The first kappa shape index (κ1) is 10.5. The number of carbonyl (C=O) groups is 1. The highest BCUT2D eigenvalue weighted by atomic mass is 32.1. The van der Waals surface area contributed by atoms with E-state index in [1.165, 1.54) is 22.7 Å². The van der Waals surface area contributed by atoms with Gasteiger partial charge in [-0.25, -0.2) is 4.98 Å². The molecule has 2 heterocycles. The Hall–Kier alpha value is -1.04. The van der Waals surface area contributed by atoms with E-state index in [9.17, 15) is 4.79 Å². The van der Waals surface area contributed by atoms with Crippen LogP contribution >= 0.6 is 22.7 Å². The molecule has 0 aromatic carbocycles. The number of nitrogens with zero attached hydrogens (tertiary/aromatic N) is 1. The van der Waals surface area contributed by atoms with Crippen molar-refractivity contribution in [3.63, 3.8) is 0 Å². The zero-order chi connectivity index (χ0) is 10.7. The molecule has 0 spiro atoms. The molecular formula is C10H10N2OS2. The van der Waals surface area contributed by atoms with Crippen molar-refractivity contribution in [2.45, 2.75) is 6.42 Å². The minimum absolute atomic E-state index is 0.00392. The van der Waals surface area contributed by atoms with Crippen LogP contribution in [0.4, 0.5) is 0 Å². The third kappa shape index (κ3) is 2.31. The van der Waals surface area contributed by atoms with Crippen molar-refractivity contribution < 1.29 is 4.79 Å². The summed E-state index contributed by atoms with van der Waals surface area (Å²) in [5.74, 6) is -0.00392. The van der Waals surface area contributed by atoms with Gasteiger partial charge in [-0.15, -0.1) is 11.3 Å². The predicted octanol–water partition coefficient (Wildman–Crippen LogP) is 1.94. The number of rotatable bonds is 4. The Morgan fingerprint density at radius 3 is 3.00 bits per heavy atom. The number of thiophene rings is 1. The Balaban J connectivity index is 2.19. The minimum Gasteiger partial charge on any atom is -0.330 e. The van der Waals surface area contributed by atoms with E-state index in [0.717, 1.165) is 11.4 Å². The van der Waals surface area contributed by atoms with Crippen LogP contribution < -0.4 is 5.73 Å². The first-order valence-corrected chi connectivity index (χ1v) is 6.35. The average molecular weight is 238 g/mol. The maximum atomic E-state index is 11.8. The summed E-state index contributed by atoms with van der Waals surface area (Å²) in [6.07, 6.45) is 0.738. The lowest BCUT2D eigenvalue weighted by atomic mass is 10.2. The molecule has 0 aliphatic carbocycles. The molecule has 0 atom stereocenters. The summed E-state index contributed by atoms with van der Waals surface area (Å²) in [5, 5.41) is 6.45. The predicted molar refractivity (Wildman–Crippen MR) is 62.6 cm³/mol. The molecule has 0 radical (unpaired) electrons. The number of nitrogens with two attached hydrogens (primary N) is 1. The van der Waals surface area contributed by atoms with Gasteiger partial charge in [0.15, 0.2) is 0 Å². The first-order chi connectivity index (χ1) is 7.31. The summed E-state index contributed by atoms with van der Waals surface area (Å²) in [5.41, 5.74) is 6.67. The number of hydrogen-bond acceptors (Lipinski definition) is 5. The van der Waals surface area contributed by atoms with Gasteiger partial charge in [0.25, 0.3) is 0 Å². The molecule has 2 aromatic rings. The second-order valence-electron chi connectivity index (χ2n) is 3.01. The standard InChI is InChI=1S/C10H10N2OS2/c11-3-1-9-12-8(6-15-9)10(13)7-2-4-14-5-7/h2,4-6H,1,3,11H2. The lowest BCUT2D eigenvalue weighted by Gasteiger charge is -1.91. The van der Waals surface area contributed by atoms with Gasteiger partial charge in [0.1, 0.15) is 5.69 Å². The van der Waals surface area contributed by atoms with E-state index in [-0.39, 0.29) is 5.78 Å². The normalized spacial score (nSPS) is 10.5.